The fourth-order valence-corrected chi connectivity index (χ4v) is 4.09. The van der Waals surface area contributed by atoms with E-state index < -0.39 is 6.04 Å². The number of hydrogen-bond donors (Lipinski definition) is 1. The van der Waals surface area contributed by atoms with Gasteiger partial charge < -0.3 is 10.2 Å². The third-order valence-corrected chi connectivity index (χ3v) is 6.30. The Hall–Kier alpha value is -2.53. The predicted octanol–water partition coefficient (Wildman–Crippen LogP) is 6.35. The first-order chi connectivity index (χ1) is 16.2. The van der Waals surface area contributed by atoms with Crippen LogP contribution in [0.15, 0.2) is 72.8 Å². The lowest BCUT2D eigenvalue weighted by Crippen LogP contribution is -2.52. The number of nitrogens with one attached hydrogen (secondary N) is 1. The molecule has 0 aliphatic heterocycles. The molecule has 0 fully saturated rings. The summed E-state index contributed by atoms with van der Waals surface area (Å²) in [5.41, 5.74) is 2.57. The number of amides is 2. The van der Waals surface area contributed by atoms with Gasteiger partial charge in [0.05, 0.1) is 16.5 Å². The largest absolute Gasteiger partial charge is 0.352 e. The maximum Gasteiger partial charge on any atom is 0.243 e. The van der Waals surface area contributed by atoms with Gasteiger partial charge in [-0.2, -0.15) is 0 Å². The molecule has 3 rings (SSSR count). The van der Waals surface area contributed by atoms with Crippen LogP contribution in [0.25, 0.3) is 0 Å². The molecule has 0 aliphatic carbocycles. The highest BCUT2D eigenvalue weighted by molar-refractivity contribution is 6.42. The third-order valence-electron chi connectivity index (χ3n) is 5.31. The molecule has 3 aromatic carbocycles. The maximum atomic E-state index is 13.6. The molecule has 0 heterocycles. The van der Waals surface area contributed by atoms with Crippen molar-refractivity contribution in [2.24, 2.45) is 0 Å². The van der Waals surface area contributed by atoms with Crippen LogP contribution in [0.5, 0.6) is 0 Å². The van der Waals surface area contributed by atoms with Gasteiger partial charge in [-0.05, 0) is 54.8 Å². The molecule has 0 spiro atoms. The lowest BCUT2D eigenvalue weighted by atomic mass is 10.0. The minimum Gasteiger partial charge on any atom is -0.352 e. The molecule has 34 heavy (non-hydrogen) atoms. The van der Waals surface area contributed by atoms with Crippen LogP contribution in [0.2, 0.25) is 15.1 Å². The summed E-state index contributed by atoms with van der Waals surface area (Å²) in [6, 6.07) is 21.3. The first-order valence-corrected chi connectivity index (χ1v) is 12.2. The van der Waals surface area contributed by atoms with Crippen molar-refractivity contribution in [3.8, 4) is 0 Å². The van der Waals surface area contributed by atoms with E-state index in [0.29, 0.717) is 21.5 Å². The third kappa shape index (κ3) is 7.49. The van der Waals surface area contributed by atoms with Crippen molar-refractivity contribution >= 4 is 46.6 Å². The minimum atomic E-state index is -0.709. The Morgan fingerprint density at radius 3 is 2.09 bits per heavy atom. The minimum absolute atomic E-state index is 0.0658. The summed E-state index contributed by atoms with van der Waals surface area (Å²) in [6.07, 6.45) is 0.520. The SMILES string of the molecule is CC(C)NC(=O)[C@@H](Cc1ccccc1)N(Cc1ccc(Cl)c(Cl)c1)C(=O)Cc1ccc(Cl)cc1. The van der Waals surface area contributed by atoms with Gasteiger partial charge in [0.15, 0.2) is 0 Å². The molecule has 0 saturated heterocycles. The topological polar surface area (TPSA) is 49.4 Å². The number of carbonyl (C=O) groups excluding carboxylic acids is 2. The van der Waals surface area contributed by atoms with E-state index in [1.54, 1.807) is 29.2 Å². The number of rotatable bonds is 9. The molecular weight excluding hydrogens is 491 g/mol. The molecule has 4 nitrogen and oxygen atoms in total. The standard InChI is InChI=1S/C27H27Cl3N2O2/c1-18(2)31-27(34)25(15-19-6-4-3-5-7-19)32(17-21-10-13-23(29)24(30)14-21)26(33)16-20-8-11-22(28)12-9-20/h3-14,18,25H,15-17H2,1-2H3,(H,31,34)/t25-/m1/s1. The summed E-state index contributed by atoms with van der Waals surface area (Å²) in [4.78, 5) is 28.6. The van der Waals surface area contributed by atoms with Gasteiger partial charge in [0.1, 0.15) is 6.04 Å². The number of hydrogen-bond acceptors (Lipinski definition) is 2. The second-order valence-corrected chi connectivity index (χ2v) is 9.69. The Morgan fingerprint density at radius 2 is 1.47 bits per heavy atom. The Bertz CT molecular complexity index is 1120. The van der Waals surface area contributed by atoms with Gasteiger partial charge in [0, 0.05) is 24.0 Å². The van der Waals surface area contributed by atoms with Gasteiger partial charge in [-0.15, -0.1) is 0 Å². The maximum absolute atomic E-state index is 13.6. The second-order valence-electron chi connectivity index (χ2n) is 8.44. The van der Waals surface area contributed by atoms with Gasteiger partial charge in [-0.25, -0.2) is 0 Å². The summed E-state index contributed by atoms with van der Waals surface area (Å²) >= 11 is 18.3. The predicted molar refractivity (Wildman–Crippen MR) is 139 cm³/mol. The smallest absolute Gasteiger partial charge is 0.243 e. The second kappa shape index (κ2) is 12.3. The van der Waals surface area contributed by atoms with Crippen LogP contribution in [0.1, 0.15) is 30.5 Å². The van der Waals surface area contributed by atoms with Crippen molar-refractivity contribution < 1.29 is 9.59 Å². The van der Waals surface area contributed by atoms with Gasteiger partial charge >= 0.3 is 0 Å². The summed E-state index contributed by atoms with van der Waals surface area (Å²) in [5, 5.41) is 4.41. The van der Waals surface area contributed by atoms with Crippen molar-refractivity contribution in [3.05, 3.63) is 105 Å². The highest BCUT2D eigenvalue weighted by atomic mass is 35.5. The zero-order valence-electron chi connectivity index (χ0n) is 19.1. The van der Waals surface area contributed by atoms with Crippen LogP contribution in [0.4, 0.5) is 0 Å². The summed E-state index contributed by atoms with van der Waals surface area (Å²) < 4.78 is 0. The summed E-state index contributed by atoms with van der Waals surface area (Å²) in [5.74, 6) is -0.378. The number of nitrogens with zero attached hydrogens (tertiary/aromatic N) is 1. The molecule has 0 bridgehead atoms. The van der Waals surface area contributed by atoms with Crippen LogP contribution in [-0.2, 0) is 29.0 Å². The average molecular weight is 518 g/mol. The van der Waals surface area contributed by atoms with Crippen molar-refractivity contribution in [2.45, 2.75) is 45.3 Å². The first kappa shape index (κ1) is 26.1. The Kier molecular flexibility index (Phi) is 9.40. The fourth-order valence-electron chi connectivity index (χ4n) is 3.65. The van der Waals surface area contributed by atoms with E-state index in [1.165, 1.54) is 0 Å². The molecule has 0 aliphatic rings. The highest BCUT2D eigenvalue weighted by Gasteiger charge is 2.30. The molecule has 2 amide bonds. The zero-order chi connectivity index (χ0) is 24.7. The highest BCUT2D eigenvalue weighted by Crippen LogP contribution is 2.25. The van der Waals surface area contributed by atoms with E-state index in [9.17, 15) is 9.59 Å². The molecule has 7 heteroatoms. The van der Waals surface area contributed by atoms with Gasteiger partial charge in [-0.3, -0.25) is 9.59 Å². The Balaban J connectivity index is 1.98. The van der Waals surface area contributed by atoms with Crippen LogP contribution in [-0.4, -0.2) is 28.8 Å². The summed E-state index contributed by atoms with van der Waals surface area (Å²) in [7, 11) is 0. The Labute approximate surface area is 215 Å². The number of benzene rings is 3. The van der Waals surface area contributed by atoms with Gasteiger partial charge in [-0.1, -0.05) is 83.3 Å². The molecule has 0 aromatic heterocycles. The van der Waals surface area contributed by atoms with Crippen molar-refractivity contribution in [1.29, 1.82) is 0 Å². The number of halogens is 3. The van der Waals surface area contributed by atoms with Crippen LogP contribution >= 0.6 is 34.8 Å². The lowest BCUT2D eigenvalue weighted by Gasteiger charge is -2.32. The quantitative estimate of drug-likeness (QED) is 0.359. The van der Waals surface area contributed by atoms with E-state index in [2.05, 4.69) is 5.32 Å². The van der Waals surface area contributed by atoms with E-state index in [4.69, 9.17) is 34.8 Å². The van der Waals surface area contributed by atoms with Crippen molar-refractivity contribution in [3.63, 3.8) is 0 Å². The molecule has 3 aromatic rings. The van der Waals surface area contributed by atoms with E-state index >= 15 is 0 Å². The molecule has 0 saturated carbocycles. The van der Waals surface area contributed by atoms with Crippen LogP contribution in [0, 0.1) is 0 Å². The number of carbonyl (C=O) groups is 2. The van der Waals surface area contributed by atoms with Crippen molar-refractivity contribution in [2.75, 3.05) is 0 Å². The molecule has 178 valence electrons. The van der Waals surface area contributed by atoms with Gasteiger partial charge in [0.25, 0.3) is 0 Å². The average Bonchev–Trinajstić information content (AvgIpc) is 2.80. The molecule has 1 atom stereocenters. The molecule has 0 radical (unpaired) electrons. The molecule has 0 unspecified atom stereocenters. The molecule has 1 N–H and O–H groups in total. The normalized spacial score (nSPS) is 11.8. The monoisotopic (exact) mass is 516 g/mol. The van der Waals surface area contributed by atoms with E-state index in [1.807, 2.05) is 62.4 Å². The van der Waals surface area contributed by atoms with E-state index in [0.717, 1.165) is 16.7 Å². The Morgan fingerprint density at radius 1 is 0.824 bits per heavy atom. The zero-order valence-corrected chi connectivity index (χ0v) is 21.4. The first-order valence-electron chi connectivity index (χ1n) is 11.0. The van der Waals surface area contributed by atoms with Gasteiger partial charge in [0.2, 0.25) is 11.8 Å². The van der Waals surface area contributed by atoms with Crippen LogP contribution in [0.3, 0.4) is 0 Å². The fraction of sp³-hybridized carbons (Fsp3) is 0.259. The van der Waals surface area contributed by atoms with Crippen molar-refractivity contribution in [1.82, 2.24) is 10.2 Å². The molecular formula is C27H27Cl3N2O2. The lowest BCUT2D eigenvalue weighted by molar-refractivity contribution is -0.141. The summed E-state index contributed by atoms with van der Waals surface area (Å²) in [6.45, 7) is 4.01. The van der Waals surface area contributed by atoms with E-state index in [-0.39, 0.29) is 30.8 Å². The van der Waals surface area contributed by atoms with Crippen LogP contribution < -0.4 is 5.32 Å².